The van der Waals surface area contributed by atoms with E-state index in [0.717, 1.165) is 18.4 Å². The van der Waals surface area contributed by atoms with E-state index >= 15 is 0 Å². The van der Waals surface area contributed by atoms with Crippen LogP contribution in [-0.4, -0.2) is 11.7 Å². The second-order valence-electron chi connectivity index (χ2n) is 4.00. The van der Waals surface area contributed by atoms with Crippen molar-refractivity contribution in [3.8, 4) is 5.75 Å². The molecule has 0 atom stereocenters. The molecule has 0 aliphatic heterocycles. The van der Waals surface area contributed by atoms with Crippen molar-refractivity contribution in [2.75, 3.05) is 6.54 Å². The normalized spacial score (nSPS) is 19.0. The van der Waals surface area contributed by atoms with Crippen molar-refractivity contribution in [2.24, 2.45) is 5.73 Å². The number of benzene rings is 1. The lowest BCUT2D eigenvalue weighted by Gasteiger charge is -2.41. The maximum Gasteiger partial charge on any atom is 0.119 e. The number of nitrogens with two attached hydrogens (primary N) is 1. The lowest BCUT2D eigenvalue weighted by Crippen LogP contribution is -2.41. The molecule has 1 fully saturated rings. The number of halogens is 1. The summed E-state index contributed by atoms with van der Waals surface area (Å²) in [4.78, 5) is 0. The summed E-state index contributed by atoms with van der Waals surface area (Å²) in [6, 6.07) is 5.18. The lowest BCUT2D eigenvalue weighted by atomic mass is 9.64. The zero-order valence-corrected chi connectivity index (χ0v) is 8.72. The molecule has 3 N–H and O–H groups in total. The predicted molar refractivity (Wildman–Crippen MR) is 57.7 cm³/mol. The number of rotatable bonds is 2. The molecule has 1 saturated carbocycles. The van der Waals surface area contributed by atoms with E-state index in [1.54, 1.807) is 12.1 Å². The van der Waals surface area contributed by atoms with Crippen molar-refractivity contribution in [2.45, 2.75) is 24.7 Å². The molecule has 76 valence electrons. The Morgan fingerprint density at radius 1 is 1.43 bits per heavy atom. The van der Waals surface area contributed by atoms with E-state index in [9.17, 15) is 5.11 Å². The molecule has 1 aromatic rings. The van der Waals surface area contributed by atoms with Crippen LogP contribution >= 0.6 is 11.6 Å². The second kappa shape index (κ2) is 3.44. The summed E-state index contributed by atoms with van der Waals surface area (Å²) >= 11 is 5.91. The maximum absolute atomic E-state index is 9.75. The SMILES string of the molecule is NCC1(c2cc(Cl)ccc2O)CCC1. The first-order valence-corrected chi connectivity index (χ1v) is 5.25. The minimum Gasteiger partial charge on any atom is -0.508 e. The van der Waals surface area contributed by atoms with E-state index in [4.69, 9.17) is 17.3 Å². The van der Waals surface area contributed by atoms with E-state index in [0.29, 0.717) is 17.3 Å². The molecule has 1 aliphatic rings. The Labute approximate surface area is 88.7 Å². The second-order valence-corrected chi connectivity index (χ2v) is 4.44. The van der Waals surface area contributed by atoms with Gasteiger partial charge in [0.25, 0.3) is 0 Å². The minimum atomic E-state index is -0.0189. The molecule has 1 aromatic carbocycles. The topological polar surface area (TPSA) is 46.2 Å². The van der Waals surface area contributed by atoms with Gasteiger partial charge in [0.1, 0.15) is 5.75 Å². The van der Waals surface area contributed by atoms with E-state index in [-0.39, 0.29) is 5.41 Å². The van der Waals surface area contributed by atoms with Crippen molar-refractivity contribution in [3.05, 3.63) is 28.8 Å². The quantitative estimate of drug-likeness (QED) is 0.789. The number of phenols is 1. The highest BCUT2D eigenvalue weighted by molar-refractivity contribution is 6.30. The van der Waals surface area contributed by atoms with Crippen LogP contribution in [0.2, 0.25) is 5.02 Å². The van der Waals surface area contributed by atoms with Crippen LogP contribution in [0.5, 0.6) is 5.75 Å². The van der Waals surface area contributed by atoms with E-state index in [2.05, 4.69) is 0 Å². The lowest BCUT2D eigenvalue weighted by molar-refractivity contribution is 0.245. The molecule has 14 heavy (non-hydrogen) atoms. The summed E-state index contributed by atoms with van der Waals surface area (Å²) in [6.07, 6.45) is 3.29. The first kappa shape index (κ1) is 9.81. The van der Waals surface area contributed by atoms with Gasteiger partial charge in [0.15, 0.2) is 0 Å². The molecule has 2 rings (SSSR count). The zero-order valence-electron chi connectivity index (χ0n) is 7.96. The highest BCUT2D eigenvalue weighted by atomic mass is 35.5. The molecule has 0 bridgehead atoms. The van der Waals surface area contributed by atoms with E-state index in [1.165, 1.54) is 6.42 Å². The highest BCUT2D eigenvalue weighted by Crippen LogP contribution is 2.46. The maximum atomic E-state index is 9.75. The fourth-order valence-corrected chi connectivity index (χ4v) is 2.29. The standard InChI is InChI=1S/C11H14ClNO/c12-8-2-3-10(14)9(6-8)11(7-13)4-1-5-11/h2-3,6,14H,1,4-5,7,13H2. The summed E-state index contributed by atoms with van der Waals surface area (Å²) < 4.78 is 0. The largest absolute Gasteiger partial charge is 0.508 e. The van der Waals surface area contributed by atoms with Crippen molar-refractivity contribution < 1.29 is 5.11 Å². The van der Waals surface area contributed by atoms with Crippen LogP contribution in [0.4, 0.5) is 0 Å². The van der Waals surface area contributed by atoms with E-state index in [1.807, 2.05) is 6.07 Å². The molecule has 1 aliphatic carbocycles. The van der Waals surface area contributed by atoms with Gasteiger partial charge in [0, 0.05) is 22.5 Å². The smallest absolute Gasteiger partial charge is 0.119 e. The van der Waals surface area contributed by atoms with Gasteiger partial charge in [-0.3, -0.25) is 0 Å². The van der Waals surface area contributed by atoms with Crippen molar-refractivity contribution in [1.82, 2.24) is 0 Å². The monoisotopic (exact) mass is 211 g/mol. The van der Waals surface area contributed by atoms with Gasteiger partial charge in [-0.2, -0.15) is 0 Å². The molecule has 0 aromatic heterocycles. The van der Waals surface area contributed by atoms with Gasteiger partial charge in [-0.25, -0.2) is 0 Å². The van der Waals surface area contributed by atoms with Gasteiger partial charge in [-0.1, -0.05) is 18.0 Å². The van der Waals surface area contributed by atoms with Crippen LogP contribution in [0.15, 0.2) is 18.2 Å². The average Bonchev–Trinajstić information content (AvgIpc) is 2.10. The summed E-state index contributed by atoms with van der Waals surface area (Å²) in [5, 5.41) is 10.4. The van der Waals surface area contributed by atoms with Crippen LogP contribution in [0, 0.1) is 0 Å². The average molecular weight is 212 g/mol. The number of aromatic hydroxyl groups is 1. The van der Waals surface area contributed by atoms with Crippen LogP contribution in [-0.2, 0) is 5.41 Å². The molecular formula is C11H14ClNO. The molecule has 0 heterocycles. The molecular weight excluding hydrogens is 198 g/mol. The Morgan fingerprint density at radius 3 is 2.64 bits per heavy atom. The molecule has 0 radical (unpaired) electrons. The Kier molecular flexibility index (Phi) is 2.41. The third-order valence-electron chi connectivity index (χ3n) is 3.23. The molecule has 2 nitrogen and oxygen atoms in total. The molecule has 0 amide bonds. The van der Waals surface area contributed by atoms with Crippen molar-refractivity contribution in [1.29, 1.82) is 0 Å². The van der Waals surface area contributed by atoms with Crippen molar-refractivity contribution >= 4 is 11.6 Å². The first-order valence-electron chi connectivity index (χ1n) is 4.87. The number of hydrogen-bond acceptors (Lipinski definition) is 2. The number of hydrogen-bond donors (Lipinski definition) is 2. The van der Waals surface area contributed by atoms with Crippen LogP contribution in [0.1, 0.15) is 24.8 Å². The van der Waals surface area contributed by atoms with Crippen LogP contribution in [0.25, 0.3) is 0 Å². The minimum absolute atomic E-state index is 0.0189. The Hall–Kier alpha value is -0.730. The fraction of sp³-hybridized carbons (Fsp3) is 0.455. The summed E-state index contributed by atoms with van der Waals surface area (Å²) in [7, 11) is 0. The Balaban J connectivity index is 2.43. The van der Waals surface area contributed by atoms with Gasteiger partial charge in [-0.15, -0.1) is 0 Å². The van der Waals surface area contributed by atoms with Crippen LogP contribution < -0.4 is 5.73 Å². The van der Waals surface area contributed by atoms with Crippen molar-refractivity contribution in [3.63, 3.8) is 0 Å². The van der Waals surface area contributed by atoms with Gasteiger partial charge in [0.2, 0.25) is 0 Å². The van der Waals surface area contributed by atoms with E-state index < -0.39 is 0 Å². The Bertz CT molecular complexity index is 342. The third-order valence-corrected chi connectivity index (χ3v) is 3.47. The highest BCUT2D eigenvalue weighted by Gasteiger charge is 2.39. The predicted octanol–water partition coefficient (Wildman–Crippen LogP) is 2.43. The summed E-state index contributed by atoms with van der Waals surface area (Å²) in [6.45, 7) is 0.584. The fourth-order valence-electron chi connectivity index (χ4n) is 2.12. The van der Waals surface area contributed by atoms with Gasteiger partial charge in [0.05, 0.1) is 0 Å². The third kappa shape index (κ3) is 1.39. The summed E-state index contributed by atoms with van der Waals surface area (Å²) in [5.74, 6) is 0.319. The van der Waals surface area contributed by atoms with Crippen LogP contribution in [0.3, 0.4) is 0 Å². The molecule has 0 spiro atoms. The molecule has 0 unspecified atom stereocenters. The molecule has 3 heteroatoms. The first-order chi connectivity index (χ1) is 6.68. The zero-order chi connectivity index (χ0) is 10.2. The van der Waals surface area contributed by atoms with Gasteiger partial charge >= 0.3 is 0 Å². The Morgan fingerprint density at radius 2 is 2.14 bits per heavy atom. The summed E-state index contributed by atoms with van der Waals surface area (Å²) in [5.41, 5.74) is 6.66. The number of phenolic OH excluding ortho intramolecular Hbond substituents is 1. The van der Waals surface area contributed by atoms with Gasteiger partial charge in [-0.05, 0) is 31.0 Å². The molecule has 0 saturated heterocycles. The van der Waals surface area contributed by atoms with Gasteiger partial charge < -0.3 is 10.8 Å².